The third-order valence-corrected chi connectivity index (χ3v) is 4.75. The van der Waals surface area contributed by atoms with E-state index >= 15 is 0 Å². The number of anilines is 1. The van der Waals surface area contributed by atoms with Crippen LogP contribution in [0.4, 0.5) is 15.4 Å². The summed E-state index contributed by atoms with van der Waals surface area (Å²) in [7, 11) is 1.15. The number of benzene rings is 1. The number of aromatic nitrogens is 2. The maximum absolute atomic E-state index is 13.0. The van der Waals surface area contributed by atoms with Crippen molar-refractivity contribution in [2.24, 2.45) is 0 Å². The number of amides is 3. The van der Waals surface area contributed by atoms with Crippen LogP contribution in [-0.4, -0.2) is 75.9 Å². The van der Waals surface area contributed by atoms with E-state index in [2.05, 4.69) is 15.1 Å². The number of methoxy groups -OCH3 is 1. The molecule has 3 N–H and O–H groups in total. The Morgan fingerprint density at radius 3 is 2.37 bits per heavy atom. The third kappa shape index (κ3) is 10.2. The topological polar surface area (TPSA) is 175 Å². The summed E-state index contributed by atoms with van der Waals surface area (Å²) >= 11 is 0. The van der Waals surface area contributed by atoms with Gasteiger partial charge in [0, 0.05) is 12.7 Å². The summed E-state index contributed by atoms with van der Waals surface area (Å²) in [5.74, 6) is -1.40. The lowest BCUT2D eigenvalue weighted by atomic mass is 10.2. The minimum atomic E-state index is -0.931. The standard InChI is InChI=1S/C24H32N6O8/c1-24(2,3)38-22(34)27-30(23(35)37-16-17-8-6-5-7-9-17)13-12-28(15-20(32)36-4)19(31)14-29-11-10-18(25)26-21(29)33/h5-11H,12-16H2,1-4H3,(H,27,34)(H2,25,26,33). The van der Waals surface area contributed by atoms with Gasteiger partial charge in [0.1, 0.15) is 31.1 Å². The zero-order valence-corrected chi connectivity index (χ0v) is 21.7. The number of nitrogen functional groups attached to an aromatic ring is 1. The molecular formula is C24H32N6O8. The number of hydrogen-bond donors (Lipinski definition) is 2. The van der Waals surface area contributed by atoms with Crippen LogP contribution in [0.15, 0.2) is 47.4 Å². The van der Waals surface area contributed by atoms with E-state index in [0.29, 0.717) is 5.56 Å². The molecule has 3 amide bonds. The van der Waals surface area contributed by atoms with Gasteiger partial charge in [0.2, 0.25) is 5.91 Å². The molecule has 0 bridgehead atoms. The van der Waals surface area contributed by atoms with E-state index in [-0.39, 0.29) is 25.5 Å². The fourth-order valence-electron chi connectivity index (χ4n) is 2.94. The smallest absolute Gasteiger partial charge is 0.429 e. The zero-order chi connectivity index (χ0) is 28.3. The van der Waals surface area contributed by atoms with Crippen molar-refractivity contribution in [2.45, 2.75) is 39.5 Å². The summed E-state index contributed by atoms with van der Waals surface area (Å²) in [5.41, 5.74) is 6.88. The maximum Gasteiger partial charge on any atom is 0.429 e. The van der Waals surface area contributed by atoms with E-state index in [1.54, 1.807) is 45.0 Å². The Bertz CT molecular complexity index is 1180. The van der Waals surface area contributed by atoms with Gasteiger partial charge in [-0.2, -0.15) is 4.98 Å². The first-order valence-corrected chi connectivity index (χ1v) is 11.5. The summed E-state index contributed by atoms with van der Waals surface area (Å²) < 4.78 is 16.2. The molecule has 0 atom stereocenters. The molecule has 0 saturated carbocycles. The van der Waals surface area contributed by atoms with Crippen LogP contribution < -0.4 is 16.8 Å². The first kappa shape index (κ1) is 29.6. The lowest BCUT2D eigenvalue weighted by Gasteiger charge is -2.28. The Morgan fingerprint density at radius 2 is 1.76 bits per heavy atom. The van der Waals surface area contributed by atoms with Crippen LogP contribution in [0.1, 0.15) is 26.3 Å². The molecule has 2 rings (SSSR count). The van der Waals surface area contributed by atoms with Crippen LogP contribution in [-0.2, 0) is 37.0 Å². The molecule has 1 aromatic heterocycles. The SMILES string of the molecule is COC(=O)CN(CCN(NC(=O)OC(C)(C)C)C(=O)OCc1ccccc1)C(=O)Cn1ccc(N)nc1=O. The average Bonchev–Trinajstić information content (AvgIpc) is 2.85. The predicted octanol–water partition coefficient (Wildman–Crippen LogP) is 0.906. The molecule has 14 nitrogen and oxygen atoms in total. The number of carbonyl (C=O) groups is 4. The number of nitrogens with zero attached hydrogens (tertiary/aromatic N) is 4. The van der Waals surface area contributed by atoms with Crippen molar-refractivity contribution >= 4 is 29.9 Å². The first-order chi connectivity index (χ1) is 17.9. The third-order valence-electron chi connectivity index (χ3n) is 4.75. The van der Waals surface area contributed by atoms with Gasteiger partial charge in [-0.1, -0.05) is 30.3 Å². The van der Waals surface area contributed by atoms with Gasteiger partial charge in [0.25, 0.3) is 0 Å². The fourth-order valence-corrected chi connectivity index (χ4v) is 2.94. The number of carbonyl (C=O) groups excluding carboxylic acids is 4. The predicted molar refractivity (Wildman–Crippen MR) is 134 cm³/mol. The molecule has 0 aliphatic heterocycles. The molecule has 0 radical (unpaired) electrons. The summed E-state index contributed by atoms with van der Waals surface area (Å²) in [5, 5.41) is 0.825. The minimum absolute atomic E-state index is 0.0111. The largest absolute Gasteiger partial charge is 0.468 e. The van der Waals surface area contributed by atoms with Crippen molar-refractivity contribution in [3.63, 3.8) is 0 Å². The number of hydrogen-bond acceptors (Lipinski definition) is 10. The van der Waals surface area contributed by atoms with Crippen LogP contribution in [0, 0.1) is 0 Å². The molecule has 0 unspecified atom stereocenters. The number of rotatable bonds is 9. The van der Waals surface area contributed by atoms with Crippen LogP contribution in [0.3, 0.4) is 0 Å². The molecule has 0 aliphatic rings. The highest BCUT2D eigenvalue weighted by atomic mass is 16.6. The van der Waals surface area contributed by atoms with E-state index in [0.717, 1.165) is 21.6 Å². The lowest BCUT2D eigenvalue weighted by Crippen LogP contribution is -2.52. The highest BCUT2D eigenvalue weighted by molar-refractivity contribution is 5.82. The van der Waals surface area contributed by atoms with Crippen molar-refractivity contribution in [1.29, 1.82) is 0 Å². The number of nitrogens with one attached hydrogen (secondary N) is 1. The summed E-state index contributed by atoms with van der Waals surface area (Å²) in [6.07, 6.45) is -0.570. The second-order valence-electron chi connectivity index (χ2n) is 8.96. The molecular weight excluding hydrogens is 500 g/mol. The van der Waals surface area contributed by atoms with E-state index in [4.69, 9.17) is 15.2 Å². The van der Waals surface area contributed by atoms with Gasteiger partial charge in [-0.3, -0.25) is 14.2 Å². The quantitative estimate of drug-likeness (QED) is 0.268. The highest BCUT2D eigenvalue weighted by Crippen LogP contribution is 2.08. The monoisotopic (exact) mass is 532 g/mol. The van der Waals surface area contributed by atoms with Crippen LogP contribution in [0.5, 0.6) is 0 Å². The molecule has 1 aromatic carbocycles. The zero-order valence-electron chi connectivity index (χ0n) is 21.7. The normalized spacial score (nSPS) is 10.7. The number of esters is 1. The van der Waals surface area contributed by atoms with Crippen molar-refractivity contribution in [3.8, 4) is 0 Å². The van der Waals surface area contributed by atoms with Crippen molar-refractivity contribution in [2.75, 3.05) is 32.5 Å². The van der Waals surface area contributed by atoms with Crippen molar-refractivity contribution in [1.82, 2.24) is 24.9 Å². The molecule has 206 valence electrons. The molecule has 0 spiro atoms. The summed E-state index contributed by atoms with van der Waals surface area (Å²) in [6, 6.07) is 10.2. The summed E-state index contributed by atoms with van der Waals surface area (Å²) in [4.78, 5) is 66.7. The molecule has 0 fully saturated rings. The van der Waals surface area contributed by atoms with Crippen LogP contribution in [0.2, 0.25) is 0 Å². The lowest BCUT2D eigenvalue weighted by molar-refractivity contribution is -0.147. The van der Waals surface area contributed by atoms with Crippen LogP contribution >= 0.6 is 0 Å². The molecule has 14 heteroatoms. The van der Waals surface area contributed by atoms with Crippen LogP contribution in [0.25, 0.3) is 0 Å². The Morgan fingerprint density at radius 1 is 1.08 bits per heavy atom. The fraction of sp³-hybridized carbons (Fsp3) is 0.417. The van der Waals surface area contributed by atoms with Crippen molar-refractivity contribution < 1.29 is 33.4 Å². The molecule has 38 heavy (non-hydrogen) atoms. The van der Waals surface area contributed by atoms with Gasteiger partial charge in [-0.25, -0.2) is 24.8 Å². The van der Waals surface area contributed by atoms with E-state index in [1.807, 2.05) is 6.07 Å². The van der Waals surface area contributed by atoms with E-state index in [1.165, 1.54) is 12.3 Å². The maximum atomic E-state index is 13.0. The Labute approximate surface area is 219 Å². The van der Waals surface area contributed by atoms with Gasteiger partial charge in [-0.15, -0.1) is 0 Å². The molecule has 1 heterocycles. The summed E-state index contributed by atoms with van der Waals surface area (Å²) in [6.45, 7) is 3.41. The van der Waals surface area contributed by atoms with Gasteiger partial charge in [-0.05, 0) is 32.4 Å². The molecule has 0 saturated heterocycles. The Hall–Kier alpha value is -4.62. The second-order valence-corrected chi connectivity index (χ2v) is 8.96. The highest BCUT2D eigenvalue weighted by Gasteiger charge is 2.25. The Balaban J connectivity index is 2.17. The number of hydrazine groups is 1. The van der Waals surface area contributed by atoms with Gasteiger partial charge < -0.3 is 24.8 Å². The number of ether oxygens (including phenoxy) is 3. The van der Waals surface area contributed by atoms with Gasteiger partial charge >= 0.3 is 23.8 Å². The van der Waals surface area contributed by atoms with Gasteiger partial charge in [0.15, 0.2) is 0 Å². The number of nitrogens with two attached hydrogens (primary N) is 1. The van der Waals surface area contributed by atoms with E-state index in [9.17, 15) is 24.0 Å². The second kappa shape index (κ2) is 13.6. The average molecular weight is 533 g/mol. The van der Waals surface area contributed by atoms with Gasteiger partial charge in [0.05, 0.1) is 13.7 Å². The molecule has 0 aliphatic carbocycles. The minimum Gasteiger partial charge on any atom is -0.468 e. The van der Waals surface area contributed by atoms with Crippen molar-refractivity contribution in [3.05, 3.63) is 58.6 Å². The van der Waals surface area contributed by atoms with E-state index < -0.39 is 48.4 Å². The first-order valence-electron chi connectivity index (χ1n) is 11.5. The Kier molecular flexibility index (Phi) is 10.6. The molecule has 2 aromatic rings.